The zero-order valence-corrected chi connectivity index (χ0v) is 18.3. The van der Waals surface area contributed by atoms with Gasteiger partial charge < -0.3 is 9.47 Å². The SMILES string of the molecule is Cc1ccc(S(=O)(=O)OCC2COc3ccc(Cl)c(-c4ccccc4Cl)c3O2)cc1. The minimum Gasteiger partial charge on any atom is -0.486 e. The van der Waals surface area contributed by atoms with Gasteiger partial charge in [0.25, 0.3) is 10.1 Å². The predicted molar refractivity (Wildman–Crippen MR) is 116 cm³/mol. The van der Waals surface area contributed by atoms with Crippen molar-refractivity contribution >= 4 is 33.3 Å². The Labute approximate surface area is 185 Å². The molecule has 1 heterocycles. The molecule has 0 N–H and O–H groups in total. The Bertz CT molecular complexity index is 1180. The molecule has 4 rings (SSSR count). The maximum Gasteiger partial charge on any atom is 0.297 e. The summed E-state index contributed by atoms with van der Waals surface area (Å²) in [6.45, 7) is 1.81. The Morgan fingerprint density at radius 2 is 1.73 bits per heavy atom. The van der Waals surface area contributed by atoms with E-state index in [0.29, 0.717) is 32.7 Å². The Hall–Kier alpha value is -2.25. The van der Waals surface area contributed by atoms with Gasteiger partial charge in [0.1, 0.15) is 13.2 Å². The third-order valence-corrected chi connectivity index (χ3v) is 6.58. The zero-order chi connectivity index (χ0) is 21.3. The average Bonchev–Trinajstić information content (AvgIpc) is 2.73. The van der Waals surface area contributed by atoms with Crippen molar-refractivity contribution in [3.8, 4) is 22.6 Å². The molecule has 0 bridgehead atoms. The van der Waals surface area contributed by atoms with E-state index in [1.54, 1.807) is 30.3 Å². The minimum absolute atomic E-state index is 0.0880. The van der Waals surface area contributed by atoms with Gasteiger partial charge in [0.05, 0.1) is 9.92 Å². The van der Waals surface area contributed by atoms with Crippen molar-refractivity contribution in [1.29, 1.82) is 0 Å². The fourth-order valence-electron chi connectivity index (χ4n) is 3.09. The van der Waals surface area contributed by atoms with Gasteiger partial charge >= 0.3 is 0 Å². The summed E-state index contributed by atoms with van der Waals surface area (Å²) in [7, 11) is -3.91. The van der Waals surface area contributed by atoms with Gasteiger partial charge in [-0.15, -0.1) is 0 Å². The van der Waals surface area contributed by atoms with Gasteiger partial charge in [-0.25, -0.2) is 0 Å². The zero-order valence-electron chi connectivity index (χ0n) is 16.0. The normalized spacial score (nSPS) is 15.8. The van der Waals surface area contributed by atoms with Crippen LogP contribution >= 0.6 is 23.2 Å². The summed E-state index contributed by atoms with van der Waals surface area (Å²) in [6.07, 6.45) is -0.641. The van der Waals surface area contributed by atoms with E-state index in [2.05, 4.69) is 0 Å². The molecule has 0 amide bonds. The van der Waals surface area contributed by atoms with Crippen LogP contribution in [0, 0.1) is 6.92 Å². The molecule has 5 nitrogen and oxygen atoms in total. The standard InChI is InChI=1S/C22H18Cl2O5S/c1-14-6-8-16(9-7-14)30(25,26)28-13-15-12-27-20-11-10-19(24)21(22(20)29-15)17-4-2-3-5-18(17)23/h2-11,15H,12-13H2,1H3. The van der Waals surface area contributed by atoms with Crippen molar-refractivity contribution < 1.29 is 22.1 Å². The molecule has 0 saturated heterocycles. The quantitative estimate of drug-likeness (QED) is 0.465. The van der Waals surface area contributed by atoms with E-state index >= 15 is 0 Å². The van der Waals surface area contributed by atoms with Crippen molar-refractivity contribution in [2.45, 2.75) is 17.9 Å². The lowest BCUT2D eigenvalue weighted by atomic mass is 10.0. The Kier molecular flexibility index (Phi) is 5.93. The lowest BCUT2D eigenvalue weighted by molar-refractivity contribution is 0.0561. The summed E-state index contributed by atoms with van der Waals surface area (Å²) < 4.78 is 42.0. The van der Waals surface area contributed by atoms with Crippen LogP contribution in [0.3, 0.4) is 0 Å². The Balaban J connectivity index is 1.57. The largest absolute Gasteiger partial charge is 0.486 e. The van der Waals surface area contributed by atoms with E-state index in [-0.39, 0.29) is 18.1 Å². The Morgan fingerprint density at radius 1 is 1.00 bits per heavy atom. The molecule has 1 atom stereocenters. The summed E-state index contributed by atoms with van der Waals surface area (Å²) in [4.78, 5) is 0.0880. The van der Waals surface area contributed by atoms with Gasteiger partial charge in [-0.1, -0.05) is 59.1 Å². The fraction of sp³-hybridized carbons (Fsp3) is 0.182. The van der Waals surface area contributed by atoms with E-state index in [1.165, 1.54) is 12.1 Å². The lowest BCUT2D eigenvalue weighted by Crippen LogP contribution is -2.34. The van der Waals surface area contributed by atoms with Crippen LogP contribution in [0.25, 0.3) is 11.1 Å². The predicted octanol–water partition coefficient (Wildman–Crippen LogP) is 5.51. The molecular weight excluding hydrogens is 447 g/mol. The van der Waals surface area contributed by atoms with Crippen LogP contribution in [0.5, 0.6) is 11.5 Å². The van der Waals surface area contributed by atoms with Gasteiger partial charge in [-0.3, -0.25) is 4.18 Å². The topological polar surface area (TPSA) is 61.8 Å². The first kappa shape index (κ1) is 21.0. The van der Waals surface area contributed by atoms with Crippen LogP contribution in [-0.2, 0) is 14.3 Å². The molecule has 8 heteroatoms. The molecule has 1 aliphatic heterocycles. The number of aryl methyl sites for hydroxylation is 1. The van der Waals surface area contributed by atoms with Crippen molar-refractivity contribution in [3.63, 3.8) is 0 Å². The van der Waals surface area contributed by atoms with Crippen molar-refractivity contribution in [2.24, 2.45) is 0 Å². The number of benzene rings is 3. The summed E-state index contributed by atoms with van der Waals surface area (Å²) in [5, 5.41) is 0.955. The first-order valence-electron chi connectivity index (χ1n) is 9.18. The highest BCUT2D eigenvalue weighted by atomic mass is 35.5. The highest BCUT2D eigenvalue weighted by molar-refractivity contribution is 7.86. The molecule has 0 aliphatic carbocycles. The van der Waals surface area contributed by atoms with Crippen LogP contribution in [0.15, 0.2) is 65.6 Å². The molecule has 3 aromatic carbocycles. The smallest absolute Gasteiger partial charge is 0.297 e. The molecule has 3 aromatic rings. The summed E-state index contributed by atoms with van der Waals surface area (Å²) in [6, 6.07) is 17.1. The van der Waals surface area contributed by atoms with E-state index in [1.807, 2.05) is 25.1 Å². The van der Waals surface area contributed by atoms with Gasteiger partial charge in [0.15, 0.2) is 17.6 Å². The summed E-state index contributed by atoms with van der Waals surface area (Å²) >= 11 is 12.8. The number of fused-ring (bicyclic) bond motifs is 1. The van der Waals surface area contributed by atoms with Gasteiger partial charge in [-0.2, -0.15) is 8.42 Å². The molecule has 30 heavy (non-hydrogen) atoms. The van der Waals surface area contributed by atoms with E-state index < -0.39 is 16.2 Å². The molecule has 156 valence electrons. The second-order valence-electron chi connectivity index (χ2n) is 6.83. The molecule has 0 fully saturated rings. The van der Waals surface area contributed by atoms with Gasteiger partial charge in [0.2, 0.25) is 0 Å². The molecule has 1 aliphatic rings. The Morgan fingerprint density at radius 3 is 2.47 bits per heavy atom. The maximum absolute atomic E-state index is 12.5. The van der Waals surface area contributed by atoms with Crippen molar-refractivity contribution in [2.75, 3.05) is 13.2 Å². The van der Waals surface area contributed by atoms with Crippen LogP contribution in [0.1, 0.15) is 5.56 Å². The first-order chi connectivity index (χ1) is 14.3. The van der Waals surface area contributed by atoms with Crippen LogP contribution in [0.2, 0.25) is 10.0 Å². The summed E-state index contributed by atoms with van der Waals surface area (Å²) in [5.74, 6) is 0.912. The average molecular weight is 465 g/mol. The number of hydrogen-bond donors (Lipinski definition) is 0. The minimum atomic E-state index is -3.91. The molecule has 0 radical (unpaired) electrons. The van der Waals surface area contributed by atoms with Gasteiger partial charge in [0, 0.05) is 16.1 Å². The van der Waals surface area contributed by atoms with E-state index in [9.17, 15) is 8.42 Å². The molecular formula is C22H18Cl2O5S. The third-order valence-electron chi connectivity index (χ3n) is 4.64. The van der Waals surface area contributed by atoms with Crippen LogP contribution in [0.4, 0.5) is 0 Å². The van der Waals surface area contributed by atoms with Crippen LogP contribution < -0.4 is 9.47 Å². The van der Waals surface area contributed by atoms with E-state index in [0.717, 1.165) is 5.56 Å². The highest BCUT2D eigenvalue weighted by Gasteiger charge is 2.28. The molecule has 0 aromatic heterocycles. The number of rotatable bonds is 5. The first-order valence-corrected chi connectivity index (χ1v) is 11.3. The van der Waals surface area contributed by atoms with Crippen molar-refractivity contribution in [3.05, 3.63) is 76.3 Å². The highest BCUT2D eigenvalue weighted by Crippen LogP contribution is 2.47. The molecule has 0 saturated carbocycles. The summed E-state index contributed by atoms with van der Waals surface area (Å²) in [5.41, 5.74) is 2.24. The third kappa shape index (κ3) is 4.27. The molecule has 1 unspecified atom stereocenters. The number of ether oxygens (including phenoxy) is 2. The second kappa shape index (κ2) is 8.47. The fourth-order valence-corrected chi connectivity index (χ4v) is 4.51. The maximum atomic E-state index is 12.5. The number of halogens is 2. The van der Waals surface area contributed by atoms with Crippen molar-refractivity contribution in [1.82, 2.24) is 0 Å². The monoisotopic (exact) mass is 464 g/mol. The molecule has 0 spiro atoms. The lowest BCUT2D eigenvalue weighted by Gasteiger charge is -2.28. The van der Waals surface area contributed by atoms with E-state index in [4.69, 9.17) is 36.9 Å². The number of hydrogen-bond acceptors (Lipinski definition) is 5. The second-order valence-corrected chi connectivity index (χ2v) is 9.26. The van der Waals surface area contributed by atoms with Crippen LogP contribution in [-0.4, -0.2) is 27.7 Å². The van der Waals surface area contributed by atoms with Gasteiger partial charge in [-0.05, 0) is 37.3 Å².